The molecule has 0 unspecified atom stereocenters. The van der Waals surface area contributed by atoms with Crippen molar-refractivity contribution in [1.29, 1.82) is 0 Å². The molecule has 0 aliphatic rings. The van der Waals surface area contributed by atoms with Crippen LogP contribution >= 0.6 is 0 Å². The maximum Gasteiger partial charge on any atom is 0.223 e. The predicted octanol–water partition coefficient (Wildman–Crippen LogP) is 3.11. The van der Waals surface area contributed by atoms with Gasteiger partial charge in [0.2, 0.25) is 5.95 Å². The molecule has 21 heavy (non-hydrogen) atoms. The molecule has 0 spiro atoms. The molecule has 0 aliphatic carbocycles. The summed E-state index contributed by atoms with van der Waals surface area (Å²) in [5.74, 6) is 1.71. The number of nitrogen functional groups attached to an aromatic ring is 1. The van der Waals surface area contributed by atoms with Crippen LogP contribution in [0.2, 0.25) is 0 Å². The van der Waals surface area contributed by atoms with Crippen LogP contribution in [0.4, 0.5) is 11.6 Å². The zero-order valence-corrected chi connectivity index (χ0v) is 13.0. The van der Waals surface area contributed by atoms with E-state index in [9.17, 15) is 0 Å². The van der Waals surface area contributed by atoms with Crippen molar-refractivity contribution in [3.05, 3.63) is 41.2 Å². The predicted molar refractivity (Wildman–Crippen MR) is 85.6 cm³/mol. The van der Waals surface area contributed by atoms with Crippen molar-refractivity contribution >= 4 is 11.6 Å². The summed E-state index contributed by atoms with van der Waals surface area (Å²) in [6.07, 6.45) is 0. The van der Waals surface area contributed by atoms with Gasteiger partial charge in [0.15, 0.2) is 0 Å². The van der Waals surface area contributed by atoms with E-state index in [2.05, 4.69) is 29.1 Å². The van der Waals surface area contributed by atoms with Crippen LogP contribution < -0.4 is 15.8 Å². The van der Waals surface area contributed by atoms with Crippen molar-refractivity contribution in [1.82, 2.24) is 9.97 Å². The lowest BCUT2D eigenvalue weighted by atomic mass is 10.1. The molecule has 1 heterocycles. The van der Waals surface area contributed by atoms with Gasteiger partial charge in [-0.1, -0.05) is 19.9 Å². The van der Waals surface area contributed by atoms with Crippen molar-refractivity contribution in [2.45, 2.75) is 33.2 Å². The third kappa shape index (κ3) is 3.84. The van der Waals surface area contributed by atoms with Gasteiger partial charge in [0, 0.05) is 17.9 Å². The van der Waals surface area contributed by atoms with Crippen molar-refractivity contribution in [2.75, 3.05) is 18.2 Å². The molecule has 112 valence electrons. The number of nitrogens with two attached hydrogens (primary N) is 1. The average molecular weight is 286 g/mol. The van der Waals surface area contributed by atoms with E-state index in [4.69, 9.17) is 10.5 Å². The minimum Gasteiger partial charge on any atom is -0.495 e. The van der Waals surface area contributed by atoms with E-state index in [1.54, 1.807) is 7.11 Å². The van der Waals surface area contributed by atoms with Gasteiger partial charge in [-0.15, -0.1) is 0 Å². The van der Waals surface area contributed by atoms with Gasteiger partial charge in [-0.2, -0.15) is 0 Å². The topological polar surface area (TPSA) is 73.1 Å². The molecule has 2 aromatic rings. The summed E-state index contributed by atoms with van der Waals surface area (Å²) >= 11 is 0. The minimum absolute atomic E-state index is 0.379. The minimum atomic E-state index is 0.379. The third-order valence-electron chi connectivity index (χ3n) is 3.21. The van der Waals surface area contributed by atoms with Crippen molar-refractivity contribution in [2.24, 2.45) is 0 Å². The van der Waals surface area contributed by atoms with Gasteiger partial charge < -0.3 is 15.8 Å². The summed E-state index contributed by atoms with van der Waals surface area (Å²) in [4.78, 5) is 8.94. The first kappa shape index (κ1) is 15.1. The van der Waals surface area contributed by atoms with Gasteiger partial charge in [0.1, 0.15) is 5.75 Å². The Kier molecular flexibility index (Phi) is 4.62. The highest BCUT2D eigenvalue weighted by Crippen LogP contribution is 2.22. The van der Waals surface area contributed by atoms with E-state index < -0.39 is 0 Å². The molecule has 3 N–H and O–H groups in total. The summed E-state index contributed by atoms with van der Waals surface area (Å²) in [5, 5.41) is 3.24. The van der Waals surface area contributed by atoms with Crippen LogP contribution in [0.3, 0.4) is 0 Å². The lowest BCUT2D eigenvalue weighted by Crippen LogP contribution is -2.07. The first-order chi connectivity index (χ1) is 9.99. The molecule has 0 atom stereocenters. The van der Waals surface area contributed by atoms with Crippen LogP contribution in [0, 0.1) is 6.92 Å². The Hall–Kier alpha value is -2.30. The van der Waals surface area contributed by atoms with Crippen LogP contribution in [0.5, 0.6) is 5.75 Å². The molecule has 1 aromatic heterocycles. The monoisotopic (exact) mass is 286 g/mol. The van der Waals surface area contributed by atoms with E-state index in [1.165, 1.54) is 0 Å². The Bertz CT molecular complexity index is 626. The average Bonchev–Trinajstić information content (AvgIpc) is 2.44. The lowest BCUT2D eigenvalue weighted by Gasteiger charge is -2.11. The van der Waals surface area contributed by atoms with Crippen LogP contribution in [-0.4, -0.2) is 17.1 Å². The van der Waals surface area contributed by atoms with Gasteiger partial charge >= 0.3 is 0 Å². The molecule has 0 radical (unpaired) electrons. The fourth-order valence-electron chi connectivity index (χ4n) is 2.04. The Morgan fingerprint density at radius 1 is 1.24 bits per heavy atom. The van der Waals surface area contributed by atoms with Gasteiger partial charge in [0.25, 0.3) is 0 Å². The maximum absolute atomic E-state index is 5.90. The van der Waals surface area contributed by atoms with Gasteiger partial charge in [-0.25, -0.2) is 9.97 Å². The standard InChI is InChI=1S/C16H22N4O/c1-10(2)14-7-11(3)19-16(20-14)18-9-12-5-6-15(21-4)13(17)8-12/h5-8,10H,9,17H2,1-4H3,(H,18,19,20). The highest BCUT2D eigenvalue weighted by molar-refractivity contribution is 5.54. The molecule has 2 rings (SSSR count). The number of ether oxygens (including phenoxy) is 1. The second kappa shape index (κ2) is 6.43. The number of nitrogens with one attached hydrogen (secondary N) is 1. The zero-order chi connectivity index (χ0) is 15.4. The SMILES string of the molecule is COc1ccc(CNc2nc(C)cc(C(C)C)n2)cc1N. The number of aryl methyl sites for hydroxylation is 1. The van der Waals surface area contributed by atoms with Crippen molar-refractivity contribution < 1.29 is 4.74 Å². The number of benzene rings is 1. The summed E-state index contributed by atoms with van der Waals surface area (Å²) in [7, 11) is 1.61. The van der Waals surface area contributed by atoms with E-state index in [1.807, 2.05) is 31.2 Å². The second-order valence-corrected chi connectivity index (χ2v) is 5.34. The number of aromatic nitrogens is 2. The fourth-order valence-corrected chi connectivity index (χ4v) is 2.04. The number of hydrogen-bond acceptors (Lipinski definition) is 5. The lowest BCUT2D eigenvalue weighted by molar-refractivity contribution is 0.417. The molecule has 1 aromatic carbocycles. The van der Waals surface area contributed by atoms with Crippen molar-refractivity contribution in [3.63, 3.8) is 0 Å². The third-order valence-corrected chi connectivity index (χ3v) is 3.21. The van der Waals surface area contributed by atoms with Crippen LogP contribution in [0.25, 0.3) is 0 Å². The molecule has 0 fully saturated rings. The molecule has 0 amide bonds. The number of rotatable bonds is 5. The van der Waals surface area contributed by atoms with E-state index in [-0.39, 0.29) is 0 Å². The smallest absolute Gasteiger partial charge is 0.223 e. The zero-order valence-electron chi connectivity index (χ0n) is 13.0. The Morgan fingerprint density at radius 3 is 2.62 bits per heavy atom. The Labute approximate surface area is 125 Å². The first-order valence-corrected chi connectivity index (χ1v) is 7.01. The molecule has 5 nitrogen and oxygen atoms in total. The highest BCUT2D eigenvalue weighted by Gasteiger charge is 2.06. The molecule has 0 saturated carbocycles. The number of methoxy groups -OCH3 is 1. The maximum atomic E-state index is 5.90. The normalized spacial score (nSPS) is 10.7. The summed E-state index contributed by atoms with van der Waals surface area (Å²) in [6, 6.07) is 7.75. The number of hydrogen-bond donors (Lipinski definition) is 2. The van der Waals surface area contributed by atoms with Gasteiger partial charge in [-0.3, -0.25) is 0 Å². The summed E-state index contributed by atoms with van der Waals surface area (Å²) < 4.78 is 5.15. The highest BCUT2D eigenvalue weighted by atomic mass is 16.5. The van der Waals surface area contributed by atoms with Crippen LogP contribution in [0.15, 0.2) is 24.3 Å². The van der Waals surface area contributed by atoms with E-state index in [0.717, 1.165) is 17.0 Å². The second-order valence-electron chi connectivity index (χ2n) is 5.34. The molecule has 0 aliphatic heterocycles. The van der Waals surface area contributed by atoms with Crippen LogP contribution in [0.1, 0.15) is 36.7 Å². The molecule has 0 saturated heterocycles. The molecule has 0 bridgehead atoms. The van der Waals surface area contributed by atoms with Crippen molar-refractivity contribution in [3.8, 4) is 5.75 Å². The summed E-state index contributed by atoms with van der Waals surface area (Å²) in [5.41, 5.74) is 9.60. The van der Waals surface area contributed by atoms with Crippen LogP contribution in [-0.2, 0) is 6.54 Å². The van der Waals surface area contributed by atoms with Gasteiger partial charge in [0.05, 0.1) is 12.8 Å². The quantitative estimate of drug-likeness (QED) is 0.826. The molecular formula is C16H22N4O. The van der Waals surface area contributed by atoms with E-state index >= 15 is 0 Å². The Balaban J connectivity index is 2.11. The first-order valence-electron chi connectivity index (χ1n) is 7.01. The summed E-state index contributed by atoms with van der Waals surface area (Å²) in [6.45, 7) is 6.84. The molecule has 5 heteroatoms. The van der Waals surface area contributed by atoms with Gasteiger partial charge in [-0.05, 0) is 36.6 Å². The largest absolute Gasteiger partial charge is 0.495 e. The molecular weight excluding hydrogens is 264 g/mol. The fraction of sp³-hybridized carbons (Fsp3) is 0.375. The Morgan fingerprint density at radius 2 is 2.00 bits per heavy atom. The number of nitrogens with zero attached hydrogens (tertiary/aromatic N) is 2. The number of anilines is 2. The van der Waals surface area contributed by atoms with E-state index in [0.29, 0.717) is 29.8 Å².